The molecule has 2 fully saturated rings. The highest BCUT2D eigenvalue weighted by Gasteiger charge is 2.54. The standard InChI is InChI=1S/C21H24N2O.ClH/c24-20-21(11-13-22-14-12-21)19(18-9-5-2-6-10-18)16-23(20)15-17-7-3-1-4-8-17;/h1-10,19,22H,11-16H2;1H. The van der Waals surface area contributed by atoms with Crippen molar-refractivity contribution < 1.29 is 4.79 Å². The van der Waals surface area contributed by atoms with E-state index in [2.05, 4.69) is 52.7 Å². The molecule has 4 rings (SSSR count). The molecule has 0 bridgehead atoms. The van der Waals surface area contributed by atoms with Gasteiger partial charge in [-0.3, -0.25) is 4.79 Å². The molecule has 2 aliphatic rings. The Morgan fingerprint density at radius 1 is 0.960 bits per heavy atom. The second kappa shape index (κ2) is 7.59. The summed E-state index contributed by atoms with van der Waals surface area (Å²) in [6, 6.07) is 20.9. The molecular weight excluding hydrogens is 332 g/mol. The quantitative estimate of drug-likeness (QED) is 0.911. The Morgan fingerprint density at radius 3 is 2.20 bits per heavy atom. The van der Waals surface area contributed by atoms with Crippen LogP contribution >= 0.6 is 12.4 Å². The zero-order valence-electron chi connectivity index (χ0n) is 14.4. The molecule has 1 unspecified atom stereocenters. The monoisotopic (exact) mass is 356 g/mol. The fourth-order valence-electron chi connectivity index (χ4n) is 4.43. The van der Waals surface area contributed by atoms with Gasteiger partial charge in [-0.1, -0.05) is 60.7 Å². The molecule has 3 nitrogen and oxygen atoms in total. The molecule has 2 saturated heterocycles. The zero-order valence-corrected chi connectivity index (χ0v) is 15.2. The maximum atomic E-state index is 13.4. The first kappa shape index (κ1) is 18.0. The van der Waals surface area contributed by atoms with E-state index < -0.39 is 0 Å². The topological polar surface area (TPSA) is 32.3 Å². The van der Waals surface area contributed by atoms with E-state index in [-0.39, 0.29) is 17.8 Å². The summed E-state index contributed by atoms with van der Waals surface area (Å²) < 4.78 is 0. The van der Waals surface area contributed by atoms with Gasteiger partial charge in [0.2, 0.25) is 5.91 Å². The molecule has 2 heterocycles. The van der Waals surface area contributed by atoms with Gasteiger partial charge in [-0.15, -0.1) is 12.4 Å². The average Bonchev–Trinajstić information content (AvgIpc) is 2.90. The summed E-state index contributed by atoms with van der Waals surface area (Å²) in [5, 5.41) is 3.42. The molecular formula is C21H25ClN2O. The Balaban J connectivity index is 0.00000182. The van der Waals surface area contributed by atoms with Gasteiger partial charge in [0.1, 0.15) is 0 Å². The summed E-state index contributed by atoms with van der Waals surface area (Å²) in [5.74, 6) is 0.652. The predicted molar refractivity (Wildman–Crippen MR) is 103 cm³/mol. The Bertz CT molecular complexity index is 698. The highest BCUT2D eigenvalue weighted by atomic mass is 35.5. The Labute approximate surface area is 155 Å². The van der Waals surface area contributed by atoms with Crippen molar-refractivity contribution in [2.45, 2.75) is 25.3 Å². The van der Waals surface area contributed by atoms with Crippen molar-refractivity contribution in [3.05, 3.63) is 71.8 Å². The number of amides is 1. The fourth-order valence-corrected chi connectivity index (χ4v) is 4.43. The molecule has 0 aliphatic carbocycles. The molecule has 4 heteroatoms. The van der Waals surface area contributed by atoms with Crippen LogP contribution in [-0.2, 0) is 11.3 Å². The second-order valence-electron chi connectivity index (χ2n) is 7.04. The summed E-state index contributed by atoms with van der Waals surface area (Å²) in [5.41, 5.74) is 2.30. The number of likely N-dealkylation sites (tertiary alicyclic amines) is 1. The predicted octanol–water partition coefficient (Wildman–Crippen LogP) is 3.60. The van der Waals surface area contributed by atoms with E-state index in [1.807, 2.05) is 18.2 Å². The van der Waals surface area contributed by atoms with Crippen molar-refractivity contribution in [3.63, 3.8) is 0 Å². The normalized spacial score (nSPS) is 22.0. The Morgan fingerprint density at radius 2 is 1.56 bits per heavy atom. The smallest absolute Gasteiger partial charge is 0.229 e. The van der Waals surface area contributed by atoms with E-state index in [9.17, 15) is 4.79 Å². The number of hydrogen-bond acceptors (Lipinski definition) is 2. The summed E-state index contributed by atoms with van der Waals surface area (Å²) in [6.07, 6.45) is 1.88. The summed E-state index contributed by atoms with van der Waals surface area (Å²) in [7, 11) is 0. The van der Waals surface area contributed by atoms with Crippen LogP contribution in [0.2, 0.25) is 0 Å². The molecule has 25 heavy (non-hydrogen) atoms. The first-order valence-electron chi connectivity index (χ1n) is 8.88. The van der Waals surface area contributed by atoms with Gasteiger partial charge in [-0.05, 0) is 37.1 Å². The van der Waals surface area contributed by atoms with Crippen LogP contribution < -0.4 is 5.32 Å². The van der Waals surface area contributed by atoms with E-state index in [0.29, 0.717) is 11.8 Å². The van der Waals surface area contributed by atoms with Gasteiger partial charge >= 0.3 is 0 Å². The first-order valence-corrected chi connectivity index (χ1v) is 8.88. The minimum absolute atomic E-state index is 0. The number of hydrogen-bond donors (Lipinski definition) is 1. The van der Waals surface area contributed by atoms with Crippen molar-refractivity contribution in [3.8, 4) is 0 Å². The van der Waals surface area contributed by atoms with Gasteiger partial charge in [-0.2, -0.15) is 0 Å². The molecule has 1 atom stereocenters. The van der Waals surface area contributed by atoms with Crippen LogP contribution in [0, 0.1) is 5.41 Å². The number of piperidine rings is 1. The third-order valence-electron chi connectivity index (χ3n) is 5.70. The lowest BCUT2D eigenvalue weighted by atomic mass is 9.68. The molecule has 1 amide bonds. The maximum Gasteiger partial charge on any atom is 0.229 e. The number of carbonyl (C=O) groups excluding carboxylic acids is 1. The van der Waals surface area contributed by atoms with Crippen molar-refractivity contribution in [1.29, 1.82) is 0 Å². The van der Waals surface area contributed by atoms with Crippen LogP contribution in [0.4, 0.5) is 0 Å². The van der Waals surface area contributed by atoms with E-state index in [0.717, 1.165) is 39.0 Å². The molecule has 0 saturated carbocycles. The van der Waals surface area contributed by atoms with Crippen LogP contribution in [0.1, 0.15) is 29.9 Å². The molecule has 132 valence electrons. The van der Waals surface area contributed by atoms with Crippen LogP contribution in [0.3, 0.4) is 0 Å². The number of rotatable bonds is 3. The number of halogens is 1. The van der Waals surface area contributed by atoms with E-state index >= 15 is 0 Å². The summed E-state index contributed by atoms with van der Waals surface area (Å²) in [6.45, 7) is 3.43. The minimum Gasteiger partial charge on any atom is -0.337 e. The van der Waals surface area contributed by atoms with Crippen molar-refractivity contribution in [2.75, 3.05) is 19.6 Å². The molecule has 1 N–H and O–H groups in total. The van der Waals surface area contributed by atoms with Crippen molar-refractivity contribution >= 4 is 18.3 Å². The highest BCUT2D eigenvalue weighted by Crippen LogP contribution is 2.50. The third kappa shape index (κ3) is 3.31. The maximum absolute atomic E-state index is 13.4. The van der Waals surface area contributed by atoms with Gasteiger partial charge in [-0.25, -0.2) is 0 Å². The number of benzene rings is 2. The SMILES string of the molecule is Cl.O=C1N(Cc2ccccc2)CC(c2ccccc2)C12CCNCC2. The molecule has 0 aromatic heterocycles. The lowest BCUT2D eigenvalue weighted by molar-refractivity contribution is -0.138. The number of nitrogens with zero attached hydrogens (tertiary/aromatic N) is 1. The van der Waals surface area contributed by atoms with E-state index in [4.69, 9.17) is 0 Å². The van der Waals surface area contributed by atoms with Gasteiger partial charge in [0.05, 0.1) is 5.41 Å². The third-order valence-corrected chi connectivity index (χ3v) is 5.70. The van der Waals surface area contributed by atoms with Crippen LogP contribution in [-0.4, -0.2) is 30.4 Å². The first-order chi connectivity index (χ1) is 11.8. The largest absolute Gasteiger partial charge is 0.337 e. The number of nitrogens with one attached hydrogen (secondary N) is 1. The van der Waals surface area contributed by atoms with E-state index in [1.165, 1.54) is 11.1 Å². The molecule has 2 aromatic rings. The lowest BCUT2D eigenvalue weighted by Crippen LogP contribution is -2.44. The minimum atomic E-state index is -0.221. The van der Waals surface area contributed by atoms with Gasteiger partial charge in [0.15, 0.2) is 0 Å². The van der Waals surface area contributed by atoms with Crippen LogP contribution in [0.25, 0.3) is 0 Å². The lowest BCUT2D eigenvalue weighted by Gasteiger charge is -2.36. The zero-order chi connectivity index (χ0) is 16.4. The van der Waals surface area contributed by atoms with Crippen molar-refractivity contribution in [1.82, 2.24) is 10.2 Å². The van der Waals surface area contributed by atoms with Gasteiger partial charge in [0, 0.05) is 19.0 Å². The molecule has 1 spiro atoms. The second-order valence-corrected chi connectivity index (χ2v) is 7.04. The summed E-state index contributed by atoms with van der Waals surface area (Å²) >= 11 is 0. The molecule has 2 aliphatic heterocycles. The molecule has 0 radical (unpaired) electrons. The molecule has 2 aromatic carbocycles. The van der Waals surface area contributed by atoms with Gasteiger partial charge < -0.3 is 10.2 Å². The van der Waals surface area contributed by atoms with E-state index in [1.54, 1.807) is 0 Å². The number of carbonyl (C=O) groups is 1. The Hall–Kier alpha value is -1.84. The summed E-state index contributed by atoms with van der Waals surface area (Å²) in [4.78, 5) is 15.5. The highest BCUT2D eigenvalue weighted by molar-refractivity contribution is 5.87. The van der Waals surface area contributed by atoms with Gasteiger partial charge in [0.25, 0.3) is 0 Å². The average molecular weight is 357 g/mol. The Kier molecular flexibility index (Phi) is 5.45. The fraction of sp³-hybridized carbons (Fsp3) is 0.381. The van der Waals surface area contributed by atoms with Crippen LogP contribution in [0.5, 0.6) is 0 Å². The van der Waals surface area contributed by atoms with Crippen LogP contribution in [0.15, 0.2) is 60.7 Å². The van der Waals surface area contributed by atoms with Crippen molar-refractivity contribution in [2.24, 2.45) is 5.41 Å².